The van der Waals surface area contributed by atoms with Gasteiger partial charge in [0.25, 0.3) is 0 Å². The van der Waals surface area contributed by atoms with Gasteiger partial charge in [0.1, 0.15) is 0 Å². The third kappa shape index (κ3) is 1.54. The first-order valence-corrected chi connectivity index (χ1v) is 5.54. The predicted octanol–water partition coefficient (Wildman–Crippen LogP) is 3.29. The number of hydrogen-bond acceptors (Lipinski definition) is 2. The van der Waals surface area contributed by atoms with Crippen molar-refractivity contribution in [3.63, 3.8) is 0 Å². The molecule has 0 atom stereocenters. The minimum absolute atomic E-state index is 1.08. The molecular weight excluding hydrogens is 208 g/mol. The fourth-order valence-electron chi connectivity index (χ4n) is 2.26. The molecule has 0 bridgehead atoms. The molecule has 2 N–H and O–H groups in total. The average molecular weight is 220 g/mol. The molecule has 0 aliphatic rings. The molecule has 82 valence electrons. The quantitative estimate of drug-likeness (QED) is 0.290. The summed E-state index contributed by atoms with van der Waals surface area (Å²) in [6.45, 7) is 0. The molecule has 0 aliphatic heterocycles. The van der Waals surface area contributed by atoms with E-state index in [1.807, 2.05) is 24.3 Å². The zero-order valence-corrected chi connectivity index (χ0v) is 9.30. The van der Waals surface area contributed by atoms with Crippen molar-refractivity contribution in [1.29, 1.82) is 0 Å². The van der Waals surface area contributed by atoms with Gasteiger partial charge in [-0.05, 0) is 27.6 Å². The fourth-order valence-corrected chi connectivity index (χ4v) is 2.26. The monoisotopic (exact) mass is 220 g/mol. The van der Waals surface area contributed by atoms with Crippen LogP contribution in [0.15, 0.2) is 59.7 Å². The van der Waals surface area contributed by atoms with Crippen molar-refractivity contribution in [1.82, 2.24) is 0 Å². The van der Waals surface area contributed by atoms with E-state index in [1.165, 1.54) is 21.5 Å². The molecule has 17 heavy (non-hydrogen) atoms. The highest BCUT2D eigenvalue weighted by molar-refractivity contribution is 6.13. The third-order valence-corrected chi connectivity index (χ3v) is 3.02. The molecule has 0 aliphatic carbocycles. The minimum atomic E-state index is 1.08. The van der Waals surface area contributed by atoms with Crippen molar-refractivity contribution >= 4 is 27.8 Å². The Kier molecular flexibility index (Phi) is 2.26. The van der Waals surface area contributed by atoms with Gasteiger partial charge in [-0.1, -0.05) is 48.5 Å². The van der Waals surface area contributed by atoms with Gasteiger partial charge in [0.2, 0.25) is 0 Å². The Labute approximate surface area is 99.4 Å². The molecule has 3 aromatic carbocycles. The molecule has 3 aromatic rings. The maximum Gasteiger partial charge on any atom is 0.0550 e. The van der Waals surface area contributed by atoms with Gasteiger partial charge < -0.3 is 5.84 Å². The summed E-state index contributed by atoms with van der Waals surface area (Å²) in [6.07, 6.45) is 1.73. The van der Waals surface area contributed by atoms with Crippen molar-refractivity contribution in [2.75, 3.05) is 0 Å². The minimum Gasteiger partial charge on any atom is -0.323 e. The second kappa shape index (κ2) is 3.91. The van der Waals surface area contributed by atoms with E-state index in [1.54, 1.807) is 6.21 Å². The summed E-state index contributed by atoms with van der Waals surface area (Å²) in [5, 5.41) is 8.46. The first-order chi connectivity index (χ1) is 8.40. The predicted molar refractivity (Wildman–Crippen MR) is 73.2 cm³/mol. The van der Waals surface area contributed by atoms with E-state index in [0.29, 0.717) is 0 Å². The SMILES string of the molecule is NN=Cc1c2ccccc2cc2ccccc12. The van der Waals surface area contributed by atoms with Crippen LogP contribution in [0.2, 0.25) is 0 Å². The van der Waals surface area contributed by atoms with Gasteiger partial charge >= 0.3 is 0 Å². The molecule has 2 heteroatoms. The number of fused-ring (bicyclic) bond motifs is 2. The molecule has 3 rings (SSSR count). The summed E-state index contributed by atoms with van der Waals surface area (Å²) >= 11 is 0. The second-order valence-electron chi connectivity index (χ2n) is 4.01. The highest BCUT2D eigenvalue weighted by Gasteiger charge is 2.04. The molecule has 0 heterocycles. The summed E-state index contributed by atoms with van der Waals surface area (Å²) < 4.78 is 0. The van der Waals surface area contributed by atoms with Crippen LogP contribution in [0.1, 0.15) is 5.56 Å². The zero-order chi connectivity index (χ0) is 11.7. The highest BCUT2D eigenvalue weighted by Crippen LogP contribution is 2.26. The van der Waals surface area contributed by atoms with E-state index in [9.17, 15) is 0 Å². The number of rotatable bonds is 1. The average Bonchev–Trinajstić information content (AvgIpc) is 2.39. The van der Waals surface area contributed by atoms with E-state index in [0.717, 1.165) is 5.56 Å². The van der Waals surface area contributed by atoms with Gasteiger partial charge in [-0.2, -0.15) is 5.10 Å². The summed E-state index contributed by atoms with van der Waals surface area (Å²) in [5.41, 5.74) is 1.08. The van der Waals surface area contributed by atoms with Crippen LogP contribution in [0.5, 0.6) is 0 Å². The van der Waals surface area contributed by atoms with Crippen LogP contribution in [-0.4, -0.2) is 6.21 Å². The first kappa shape index (κ1) is 9.85. The van der Waals surface area contributed by atoms with Gasteiger partial charge in [0.15, 0.2) is 0 Å². The lowest BCUT2D eigenvalue weighted by molar-refractivity contribution is 1.27. The summed E-state index contributed by atoms with van der Waals surface area (Å²) in [4.78, 5) is 0. The van der Waals surface area contributed by atoms with Crippen molar-refractivity contribution in [2.24, 2.45) is 10.9 Å². The lowest BCUT2D eigenvalue weighted by Crippen LogP contribution is -1.90. The van der Waals surface area contributed by atoms with Gasteiger partial charge in [0, 0.05) is 5.56 Å². The first-order valence-electron chi connectivity index (χ1n) is 5.54. The van der Waals surface area contributed by atoms with Crippen LogP contribution in [0.4, 0.5) is 0 Å². The van der Waals surface area contributed by atoms with Crippen LogP contribution in [-0.2, 0) is 0 Å². The van der Waals surface area contributed by atoms with Crippen LogP contribution in [0, 0.1) is 0 Å². The van der Waals surface area contributed by atoms with E-state index >= 15 is 0 Å². The van der Waals surface area contributed by atoms with Crippen LogP contribution < -0.4 is 5.84 Å². The summed E-state index contributed by atoms with van der Waals surface area (Å²) in [7, 11) is 0. The van der Waals surface area contributed by atoms with Crippen molar-refractivity contribution in [3.05, 3.63) is 60.2 Å². The molecule has 0 unspecified atom stereocenters. The molecule has 0 radical (unpaired) electrons. The Morgan fingerprint density at radius 1 is 0.824 bits per heavy atom. The van der Waals surface area contributed by atoms with Crippen molar-refractivity contribution < 1.29 is 0 Å². The topological polar surface area (TPSA) is 38.4 Å². The molecule has 0 aromatic heterocycles. The van der Waals surface area contributed by atoms with Crippen LogP contribution in [0.25, 0.3) is 21.5 Å². The number of benzene rings is 3. The highest BCUT2D eigenvalue weighted by atomic mass is 15.1. The van der Waals surface area contributed by atoms with E-state index in [-0.39, 0.29) is 0 Å². The van der Waals surface area contributed by atoms with Gasteiger partial charge in [-0.3, -0.25) is 0 Å². The number of nitrogens with two attached hydrogens (primary N) is 1. The van der Waals surface area contributed by atoms with Crippen LogP contribution in [0.3, 0.4) is 0 Å². The normalized spacial score (nSPS) is 11.5. The van der Waals surface area contributed by atoms with Crippen molar-refractivity contribution in [2.45, 2.75) is 0 Å². The summed E-state index contributed by atoms with van der Waals surface area (Å²) in [6, 6.07) is 18.7. The molecule has 0 fully saturated rings. The molecule has 0 saturated carbocycles. The van der Waals surface area contributed by atoms with Gasteiger partial charge in [-0.15, -0.1) is 0 Å². The van der Waals surface area contributed by atoms with E-state index in [2.05, 4.69) is 35.4 Å². The maximum absolute atomic E-state index is 5.31. The Balaban J connectivity index is 2.56. The lowest BCUT2D eigenvalue weighted by Gasteiger charge is -2.07. The molecule has 0 saturated heterocycles. The molecule has 0 spiro atoms. The Bertz CT molecular complexity index is 660. The van der Waals surface area contributed by atoms with Crippen LogP contribution >= 0.6 is 0 Å². The lowest BCUT2D eigenvalue weighted by atomic mass is 9.97. The smallest absolute Gasteiger partial charge is 0.0550 e. The molecule has 0 amide bonds. The second-order valence-corrected chi connectivity index (χ2v) is 4.01. The number of nitrogens with zero attached hydrogens (tertiary/aromatic N) is 1. The number of hydrazone groups is 1. The fraction of sp³-hybridized carbons (Fsp3) is 0. The zero-order valence-electron chi connectivity index (χ0n) is 9.30. The summed E-state index contributed by atoms with van der Waals surface area (Å²) in [5.74, 6) is 5.31. The molecule has 2 nitrogen and oxygen atoms in total. The Morgan fingerprint density at radius 3 is 1.88 bits per heavy atom. The largest absolute Gasteiger partial charge is 0.323 e. The van der Waals surface area contributed by atoms with Gasteiger partial charge in [0.05, 0.1) is 6.21 Å². The third-order valence-electron chi connectivity index (χ3n) is 3.02. The van der Waals surface area contributed by atoms with Gasteiger partial charge in [-0.25, -0.2) is 0 Å². The van der Waals surface area contributed by atoms with E-state index < -0.39 is 0 Å². The Morgan fingerprint density at radius 2 is 1.35 bits per heavy atom. The Hall–Kier alpha value is -2.35. The van der Waals surface area contributed by atoms with Crippen molar-refractivity contribution in [3.8, 4) is 0 Å². The van der Waals surface area contributed by atoms with E-state index in [4.69, 9.17) is 5.84 Å². The molecular formula is C15H12N2. The standard InChI is InChI=1S/C15H12N2/c16-17-10-15-13-7-3-1-5-11(13)9-12-6-2-4-8-14(12)15/h1-10H,16H2. The maximum atomic E-state index is 5.31. The number of hydrogen-bond donors (Lipinski definition) is 1.